The third kappa shape index (κ3) is 5.67. The molecule has 2 saturated heterocycles. The van der Waals surface area contributed by atoms with E-state index >= 15 is 0 Å². The molecule has 2 aliphatic heterocycles. The van der Waals surface area contributed by atoms with Gasteiger partial charge in [0.15, 0.2) is 0 Å². The highest BCUT2D eigenvalue weighted by Crippen LogP contribution is 2.26. The quantitative estimate of drug-likeness (QED) is 0.633. The summed E-state index contributed by atoms with van der Waals surface area (Å²) in [5, 5.41) is 0. The number of ether oxygens (including phenoxy) is 2. The van der Waals surface area contributed by atoms with Crippen molar-refractivity contribution < 1.29 is 14.3 Å². The number of carbonyl (C=O) groups excluding carboxylic acids is 1. The van der Waals surface area contributed by atoms with Gasteiger partial charge in [0.25, 0.3) is 0 Å². The minimum atomic E-state index is -0.248. The SMILES string of the molecule is COc1ccc(N2CC(CCN3CCC(Cc4ccccc4)CC3)OC2=O)cc1.Cl. The van der Waals surface area contributed by atoms with Gasteiger partial charge in [-0.3, -0.25) is 4.90 Å². The highest BCUT2D eigenvalue weighted by molar-refractivity contribution is 5.89. The van der Waals surface area contributed by atoms with Gasteiger partial charge < -0.3 is 14.4 Å². The van der Waals surface area contributed by atoms with Crippen LogP contribution in [-0.2, 0) is 11.2 Å². The maximum absolute atomic E-state index is 12.3. The molecule has 1 amide bonds. The van der Waals surface area contributed by atoms with Crippen molar-refractivity contribution in [3.8, 4) is 5.75 Å². The maximum Gasteiger partial charge on any atom is 0.414 e. The standard InChI is InChI=1S/C24H30N2O3.ClH/c1-28-22-9-7-21(8-10-22)26-18-23(29-24(26)27)13-16-25-14-11-20(12-15-25)17-19-5-3-2-4-6-19;/h2-10,20,23H,11-18H2,1H3;1H. The van der Waals surface area contributed by atoms with Gasteiger partial charge in [0, 0.05) is 12.2 Å². The zero-order valence-corrected chi connectivity index (χ0v) is 18.4. The predicted octanol–water partition coefficient (Wildman–Crippen LogP) is 4.79. The zero-order valence-electron chi connectivity index (χ0n) is 17.5. The van der Waals surface area contributed by atoms with Crippen LogP contribution in [0.15, 0.2) is 54.6 Å². The molecular formula is C24H31ClN2O3. The van der Waals surface area contributed by atoms with E-state index in [9.17, 15) is 4.79 Å². The lowest BCUT2D eigenvalue weighted by molar-refractivity contribution is 0.116. The van der Waals surface area contributed by atoms with Crippen molar-refractivity contribution in [3.63, 3.8) is 0 Å². The summed E-state index contributed by atoms with van der Waals surface area (Å²) in [6.07, 6.45) is 4.29. The molecule has 6 heteroatoms. The lowest BCUT2D eigenvalue weighted by Crippen LogP contribution is -2.36. The Labute approximate surface area is 185 Å². The summed E-state index contributed by atoms with van der Waals surface area (Å²) in [6, 6.07) is 18.3. The number of nitrogens with zero attached hydrogens (tertiary/aromatic N) is 2. The molecule has 1 unspecified atom stereocenters. The fourth-order valence-electron chi connectivity index (χ4n) is 4.33. The van der Waals surface area contributed by atoms with Gasteiger partial charge in [0.2, 0.25) is 0 Å². The Morgan fingerprint density at radius 3 is 2.40 bits per heavy atom. The molecule has 2 aromatic carbocycles. The van der Waals surface area contributed by atoms with Crippen molar-refractivity contribution in [2.45, 2.75) is 31.8 Å². The van der Waals surface area contributed by atoms with E-state index in [0.29, 0.717) is 6.54 Å². The zero-order chi connectivity index (χ0) is 20.1. The minimum Gasteiger partial charge on any atom is -0.497 e. The fraction of sp³-hybridized carbons (Fsp3) is 0.458. The summed E-state index contributed by atoms with van der Waals surface area (Å²) in [5.41, 5.74) is 2.31. The Kier molecular flexibility index (Phi) is 8.00. The second kappa shape index (κ2) is 10.7. The second-order valence-corrected chi connectivity index (χ2v) is 8.08. The molecule has 0 radical (unpaired) electrons. The van der Waals surface area contributed by atoms with Gasteiger partial charge in [-0.25, -0.2) is 4.79 Å². The van der Waals surface area contributed by atoms with Gasteiger partial charge in [0.05, 0.1) is 13.7 Å². The number of methoxy groups -OCH3 is 1. The average Bonchev–Trinajstić information content (AvgIpc) is 3.14. The first-order chi connectivity index (χ1) is 14.2. The van der Waals surface area contributed by atoms with Crippen LogP contribution in [0.1, 0.15) is 24.8 Å². The van der Waals surface area contributed by atoms with E-state index in [4.69, 9.17) is 9.47 Å². The molecule has 2 aliphatic rings. The number of halogens is 1. The molecule has 5 nitrogen and oxygen atoms in total. The van der Waals surface area contributed by atoms with E-state index < -0.39 is 0 Å². The number of hydrogen-bond donors (Lipinski definition) is 0. The van der Waals surface area contributed by atoms with Gasteiger partial charge in [-0.05, 0) is 74.5 Å². The highest BCUT2D eigenvalue weighted by Gasteiger charge is 2.32. The summed E-state index contributed by atoms with van der Waals surface area (Å²) < 4.78 is 10.8. The van der Waals surface area contributed by atoms with Crippen LogP contribution in [0.5, 0.6) is 5.75 Å². The Morgan fingerprint density at radius 2 is 1.73 bits per heavy atom. The van der Waals surface area contributed by atoms with Crippen molar-refractivity contribution in [1.82, 2.24) is 4.90 Å². The summed E-state index contributed by atoms with van der Waals surface area (Å²) in [6.45, 7) is 3.89. The fourth-order valence-corrected chi connectivity index (χ4v) is 4.33. The van der Waals surface area contributed by atoms with E-state index in [1.807, 2.05) is 24.3 Å². The Hall–Kier alpha value is -2.24. The number of piperidine rings is 1. The number of amides is 1. The van der Waals surface area contributed by atoms with Crippen LogP contribution < -0.4 is 9.64 Å². The summed E-state index contributed by atoms with van der Waals surface area (Å²) >= 11 is 0. The lowest BCUT2D eigenvalue weighted by atomic mass is 9.90. The molecule has 0 bridgehead atoms. The van der Waals surface area contributed by atoms with E-state index in [2.05, 4.69) is 35.2 Å². The monoisotopic (exact) mass is 430 g/mol. The van der Waals surface area contributed by atoms with E-state index in [1.54, 1.807) is 12.0 Å². The smallest absolute Gasteiger partial charge is 0.414 e. The largest absolute Gasteiger partial charge is 0.497 e. The Balaban J connectivity index is 0.00000256. The molecule has 4 rings (SSSR count). The van der Waals surface area contributed by atoms with E-state index in [0.717, 1.165) is 43.4 Å². The summed E-state index contributed by atoms with van der Waals surface area (Å²) in [5.74, 6) is 1.57. The van der Waals surface area contributed by atoms with E-state index in [-0.39, 0.29) is 24.6 Å². The lowest BCUT2D eigenvalue weighted by Gasteiger charge is -2.32. The molecule has 2 fully saturated rings. The summed E-state index contributed by atoms with van der Waals surface area (Å²) in [7, 11) is 1.64. The van der Waals surface area contributed by atoms with Gasteiger partial charge in [-0.15, -0.1) is 12.4 Å². The Bertz CT molecular complexity index is 792. The molecule has 0 N–H and O–H groups in total. The normalized spacial score (nSPS) is 20.0. The molecule has 0 aromatic heterocycles. The predicted molar refractivity (Wildman–Crippen MR) is 122 cm³/mol. The van der Waals surface area contributed by atoms with Crippen molar-refractivity contribution in [2.24, 2.45) is 5.92 Å². The molecule has 0 spiro atoms. The molecule has 2 aromatic rings. The van der Waals surface area contributed by atoms with Crippen LogP contribution in [0.3, 0.4) is 0 Å². The molecule has 30 heavy (non-hydrogen) atoms. The van der Waals surface area contributed by atoms with Crippen LogP contribution in [0, 0.1) is 5.92 Å². The van der Waals surface area contributed by atoms with Crippen molar-refractivity contribution in [2.75, 3.05) is 38.2 Å². The van der Waals surface area contributed by atoms with Gasteiger partial charge in [-0.1, -0.05) is 30.3 Å². The minimum absolute atomic E-state index is 0. The number of carbonyl (C=O) groups is 1. The average molecular weight is 431 g/mol. The first-order valence-electron chi connectivity index (χ1n) is 10.6. The Morgan fingerprint density at radius 1 is 1.03 bits per heavy atom. The number of cyclic esters (lactones) is 1. The van der Waals surface area contributed by atoms with Crippen LogP contribution in [-0.4, -0.2) is 50.4 Å². The molecule has 162 valence electrons. The molecule has 1 atom stereocenters. The van der Waals surface area contributed by atoms with Crippen LogP contribution in [0.4, 0.5) is 10.5 Å². The van der Waals surface area contributed by atoms with Gasteiger partial charge >= 0.3 is 6.09 Å². The van der Waals surface area contributed by atoms with Gasteiger partial charge in [-0.2, -0.15) is 0 Å². The molecule has 0 saturated carbocycles. The molecule has 0 aliphatic carbocycles. The van der Waals surface area contributed by atoms with Crippen LogP contribution >= 0.6 is 12.4 Å². The molecular weight excluding hydrogens is 400 g/mol. The number of hydrogen-bond acceptors (Lipinski definition) is 4. The van der Waals surface area contributed by atoms with Crippen LogP contribution in [0.2, 0.25) is 0 Å². The third-order valence-corrected chi connectivity index (χ3v) is 6.10. The number of anilines is 1. The first-order valence-corrected chi connectivity index (χ1v) is 10.6. The molecule has 2 heterocycles. The first kappa shape index (κ1) is 22.4. The number of rotatable bonds is 7. The summed E-state index contributed by atoms with van der Waals surface area (Å²) in [4.78, 5) is 16.5. The topological polar surface area (TPSA) is 42.0 Å². The van der Waals surface area contributed by atoms with E-state index in [1.165, 1.54) is 24.8 Å². The van der Waals surface area contributed by atoms with Crippen molar-refractivity contribution in [1.29, 1.82) is 0 Å². The second-order valence-electron chi connectivity index (χ2n) is 8.08. The number of likely N-dealkylation sites (tertiary alicyclic amines) is 1. The van der Waals surface area contributed by atoms with Crippen molar-refractivity contribution >= 4 is 24.2 Å². The highest BCUT2D eigenvalue weighted by atomic mass is 35.5. The maximum atomic E-state index is 12.3. The van der Waals surface area contributed by atoms with Gasteiger partial charge in [0.1, 0.15) is 11.9 Å². The number of benzene rings is 2. The third-order valence-electron chi connectivity index (χ3n) is 6.10. The van der Waals surface area contributed by atoms with Crippen molar-refractivity contribution in [3.05, 3.63) is 60.2 Å². The van der Waals surface area contributed by atoms with Crippen LogP contribution in [0.25, 0.3) is 0 Å².